The first-order valence-corrected chi connectivity index (χ1v) is 8.15. The summed E-state index contributed by atoms with van der Waals surface area (Å²) in [5, 5.41) is 0. The van der Waals surface area contributed by atoms with E-state index in [0.29, 0.717) is 11.1 Å². The number of halogens is 2. The van der Waals surface area contributed by atoms with E-state index < -0.39 is 24.4 Å². The topological polar surface area (TPSA) is 72.9 Å². The van der Waals surface area contributed by atoms with Crippen molar-refractivity contribution in [1.29, 1.82) is 0 Å². The molecule has 0 aromatic heterocycles. The SMILES string of the molecule is O=C(OCCCN1C(=O)c2ccccc2C1=O)c1ccccc1OC(F)F. The molecule has 1 aliphatic rings. The molecule has 0 atom stereocenters. The zero-order valence-corrected chi connectivity index (χ0v) is 14.1. The number of fused-ring (bicyclic) bond motifs is 1. The minimum Gasteiger partial charge on any atom is -0.462 e. The van der Waals surface area contributed by atoms with Crippen LogP contribution in [0.3, 0.4) is 0 Å². The van der Waals surface area contributed by atoms with E-state index in [1.165, 1.54) is 24.3 Å². The molecule has 2 aromatic carbocycles. The summed E-state index contributed by atoms with van der Waals surface area (Å²) in [4.78, 5) is 37.6. The fourth-order valence-corrected chi connectivity index (χ4v) is 2.74. The van der Waals surface area contributed by atoms with Crippen molar-refractivity contribution in [3.63, 3.8) is 0 Å². The van der Waals surface area contributed by atoms with E-state index in [9.17, 15) is 23.2 Å². The van der Waals surface area contributed by atoms with Crippen molar-refractivity contribution in [3.8, 4) is 5.75 Å². The molecule has 0 saturated carbocycles. The minimum atomic E-state index is -3.06. The van der Waals surface area contributed by atoms with Gasteiger partial charge in [-0.3, -0.25) is 14.5 Å². The number of imide groups is 1. The molecule has 3 rings (SSSR count). The van der Waals surface area contributed by atoms with Crippen LogP contribution in [0.4, 0.5) is 8.78 Å². The first-order valence-electron chi connectivity index (χ1n) is 8.15. The molecule has 2 amide bonds. The molecule has 0 unspecified atom stereocenters. The first kappa shape index (κ1) is 18.5. The average Bonchev–Trinajstić information content (AvgIpc) is 2.90. The number of amides is 2. The molecule has 8 heteroatoms. The van der Waals surface area contributed by atoms with Gasteiger partial charge in [0.25, 0.3) is 11.8 Å². The predicted molar refractivity (Wildman–Crippen MR) is 89.8 cm³/mol. The Bertz CT molecular complexity index is 849. The van der Waals surface area contributed by atoms with Crippen LogP contribution in [-0.2, 0) is 4.74 Å². The number of carbonyl (C=O) groups excluding carboxylic acids is 3. The number of alkyl halides is 2. The summed E-state index contributed by atoms with van der Waals surface area (Å²) in [7, 11) is 0. The largest absolute Gasteiger partial charge is 0.462 e. The Balaban J connectivity index is 1.54. The van der Waals surface area contributed by atoms with Crippen molar-refractivity contribution in [2.45, 2.75) is 13.0 Å². The van der Waals surface area contributed by atoms with Crippen LogP contribution in [-0.4, -0.2) is 42.4 Å². The maximum absolute atomic E-state index is 12.4. The lowest BCUT2D eigenvalue weighted by molar-refractivity contribution is -0.0504. The number of hydrogen-bond acceptors (Lipinski definition) is 5. The van der Waals surface area contributed by atoms with Gasteiger partial charge in [0, 0.05) is 6.54 Å². The lowest BCUT2D eigenvalue weighted by Crippen LogP contribution is -2.31. The zero-order chi connectivity index (χ0) is 19.4. The second-order valence-electron chi connectivity index (χ2n) is 5.67. The Kier molecular flexibility index (Phi) is 5.44. The van der Waals surface area contributed by atoms with E-state index in [1.54, 1.807) is 24.3 Å². The third-order valence-corrected chi connectivity index (χ3v) is 3.96. The highest BCUT2D eigenvalue weighted by molar-refractivity contribution is 6.21. The van der Waals surface area contributed by atoms with Gasteiger partial charge in [-0.1, -0.05) is 24.3 Å². The second-order valence-corrected chi connectivity index (χ2v) is 5.67. The average molecular weight is 375 g/mol. The number of nitrogens with zero attached hydrogens (tertiary/aromatic N) is 1. The number of carbonyl (C=O) groups is 3. The van der Waals surface area contributed by atoms with Crippen molar-refractivity contribution >= 4 is 17.8 Å². The molecule has 0 radical (unpaired) electrons. The van der Waals surface area contributed by atoms with Gasteiger partial charge in [0.05, 0.1) is 17.7 Å². The Morgan fingerprint density at radius 1 is 0.963 bits per heavy atom. The number of hydrogen-bond donors (Lipinski definition) is 0. The van der Waals surface area contributed by atoms with E-state index in [4.69, 9.17) is 4.74 Å². The fraction of sp³-hybridized carbons (Fsp3) is 0.211. The molecular weight excluding hydrogens is 360 g/mol. The molecule has 140 valence electrons. The van der Waals surface area contributed by atoms with Crippen LogP contribution in [0.2, 0.25) is 0 Å². The summed E-state index contributed by atoms with van der Waals surface area (Å²) in [5.41, 5.74) is 0.564. The van der Waals surface area contributed by atoms with Crippen LogP contribution in [0.25, 0.3) is 0 Å². The molecule has 6 nitrogen and oxygen atoms in total. The molecule has 1 aliphatic heterocycles. The van der Waals surface area contributed by atoms with Crippen molar-refractivity contribution in [1.82, 2.24) is 4.90 Å². The number of esters is 1. The molecular formula is C19H15F2NO5. The molecule has 0 fully saturated rings. The normalized spacial score (nSPS) is 13.1. The summed E-state index contributed by atoms with van der Waals surface area (Å²) in [6, 6.07) is 12.0. The Hall–Kier alpha value is -3.29. The summed E-state index contributed by atoms with van der Waals surface area (Å²) < 4.78 is 34.1. The highest BCUT2D eigenvalue weighted by atomic mass is 19.3. The molecule has 0 aliphatic carbocycles. The van der Waals surface area contributed by atoms with Crippen molar-refractivity contribution < 1.29 is 32.6 Å². The number of benzene rings is 2. The maximum atomic E-state index is 12.4. The Labute approximate surface area is 153 Å². The third kappa shape index (κ3) is 3.94. The van der Waals surface area contributed by atoms with Gasteiger partial charge >= 0.3 is 12.6 Å². The molecule has 0 saturated heterocycles. The lowest BCUT2D eigenvalue weighted by Gasteiger charge is -2.14. The molecule has 0 N–H and O–H groups in total. The molecule has 1 heterocycles. The Morgan fingerprint density at radius 2 is 1.56 bits per heavy atom. The van der Waals surface area contributed by atoms with E-state index >= 15 is 0 Å². The van der Waals surface area contributed by atoms with E-state index in [0.717, 1.165) is 4.90 Å². The van der Waals surface area contributed by atoms with E-state index in [1.807, 2.05) is 0 Å². The lowest BCUT2D eigenvalue weighted by atomic mass is 10.1. The minimum absolute atomic E-state index is 0.0782. The van der Waals surface area contributed by atoms with Crippen LogP contribution >= 0.6 is 0 Å². The van der Waals surface area contributed by atoms with E-state index in [2.05, 4.69) is 4.74 Å². The van der Waals surface area contributed by atoms with Gasteiger partial charge in [0.1, 0.15) is 11.3 Å². The monoisotopic (exact) mass is 375 g/mol. The number of rotatable bonds is 7. The Morgan fingerprint density at radius 3 is 2.19 bits per heavy atom. The zero-order valence-electron chi connectivity index (χ0n) is 14.1. The highest BCUT2D eigenvalue weighted by Crippen LogP contribution is 2.23. The van der Waals surface area contributed by atoms with E-state index in [-0.39, 0.29) is 30.9 Å². The molecule has 0 bridgehead atoms. The number of ether oxygens (including phenoxy) is 2. The van der Waals surface area contributed by atoms with Gasteiger partial charge in [0.15, 0.2) is 0 Å². The number of para-hydroxylation sites is 1. The van der Waals surface area contributed by atoms with Crippen LogP contribution in [0.1, 0.15) is 37.5 Å². The quantitative estimate of drug-likeness (QED) is 0.422. The van der Waals surface area contributed by atoms with Gasteiger partial charge in [-0.2, -0.15) is 8.78 Å². The second kappa shape index (κ2) is 7.94. The summed E-state index contributed by atoms with van der Waals surface area (Å²) in [6.07, 6.45) is 0.217. The molecule has 0 spiro atoms. The summed E-state index contributed by atoms with van der Waals surface area (Å²) in [6.45, 7) is -3.07. The summed E-state index contributed by atoms with van der Waals surface area (Å²) in [5.74, 6) is -1.89. The van der Waals surface area contributed by atoms with Crippen molar-refractivity contribution in [2.24, 2.45) is 0 Å². The maximum Gasteiger partial charge on any atom is 0.387 e. The van der Waals surface area contributed by atoms with Gasteiger partial charge < -0.3 is 9.47 Å². The van der Waals surface area contributed by atoms with Gasteiger partial charge in [0.2, 0.25) is 0 Å². The van der Waals surface area contributed by atoms with Crippen LogP contribution in [0.5, 0.6) is 5.75 Å². The molecule has 2 aromatic rings. The first-order chi connectivity index (χ1) is 13.0. The van der Waals surface area contributed by atoms with Gasteiger partial charge in [-0.05, 0) is 30.7 Å². The van der Waals surface area contributed by atoms with Gasteiger partial charge in [-0.25, -0.2) is 4.79 Å². The fourth-order valence-electron chi connectivity index (χ4n) is 2.74. The predicted octanol–water partition coefficient (Wildman–Crippen LogP) is 3.13. The van der Waals surface area contributed by atoms with Crippen LogP contribution < -0.4 is 4.74 Å². The highest BCUT2D eigenvalue weighted by Gasteiger charge is 2.34. The van der Waals surface area contributed by atoms with Gasteiger partial charge in [-0.15, -0.1) is 0 Å². The molecule has 27 heavy (non-hydrogen) atoms. The smallest absolute Gasteiger partial charge is 0.387 e. The third-order valence-electron chi connectivity index (χ3n) is 3.96. The standard InChI is InChI=1S/C19H15F2NO5/c20-19(21)27-15-9-4-3-8-14(15)18(25)26-11-5-10-22-16(23)12-6-1-2-7-13(12)17(22)24/h1-4,6-9,19H,5,10-11H2. The van der Waals surface area contributed by atoms with Crippen molar-refractivity contribution in [3.05, 3.63) is 65.2 Å². The van der Waals surface area contributed by atoms with Crippen molar-refractivity contribution in [2.75, 3.05) is 13.2 Å². The van der Waals surface area contributed by atoms with Crippen LogP contribution in [0, 0.1) is 0 Å². The van der Waals surface area contributed by atoms with Crippen LogP contribution in [0.15, 0.2) is 48.5 Å². The summed E-state index contributed by atoms with van der Waals surface area (Å²) >= 11 is 0.